The van der Waals surface area contributed by atoms with Gasteiger partial charge in [0, 0.05) is 18.7 Å². The Morgan fingerprint density at radius 1 is 1.75 bits per heavy atom. The third kappa shape index (κ3) is 2.61. The average molecular weight is 223 g/mol. The first-order valence-electron chi connectivity index (χ1n) is 5.57. The van der Waals surface area contributed by atoms with E-state index in [1.807, 2.05) is 30.9 Å². The van der Waals surface area contributed by atoms with Crippen LogP contribution >= 0.6 is 0 Å². The second-order valence-electron chi connectivity index (χ2n) is 4.32. The molecular formula is C11H17N3O2. The molecule has 0 saturated carbocycles. The van der Waals surface area contributed by atoms with Gasteiger partial charge in [0.1, 0.15) is 6.04 Å². The zero-order valence-corrected chi connectivity index (χ0v) is 9.64. The van der Waals surface area contributed by atoms with Gasteiger partial charge >= 0.3 is 5.97 Å². The van der Waals surface area contributed by atoms with E-state index in [4.69, 9.17) is 4.74 Å². The molecule has 0 aromatic carbocycles. The molecule has 5 nitrogen and oxygen atoms in total. The summed E-state index contributed by atoms with van der Waals surface area (Å²) in [5.74, 6) is -0.136. The van der Waals surface area contributed by atoms with Crippen molar-refractivity contribution in [3.63, 3.8) is 0 Å². The summed E-state index contributed by atoms with van der Waals surface area (Å²) in [6.07, 6.45) is 4.59. The molecule has 0 bridgehead atoms. The molecule has 0 aliphatic carbocycles. The quantitative estimate of drug-likeness (QED) is 0.755. The van der Waals surface area contributed by atoms with E-state index in [9.17, 15) is 4.79 Å². The third-order valence-electron chi connectivity index (χ3n) is 2.64. The van der Waals surface area contributed by atoms with Crippen LogP contribution in [0.2, 0.25) is 0 Å². The summed E-state index contributed by atoms with van der Waals surface area (Å²) >= 11 is 0. The van der Waals surface area contributed by atoms with Gasteiger partial charge in [0.2, 0.25) is 0 Å². The van der Waals surface area contributed by atoms with Gasteiger partial charge in [0.15, 0.2) is 0 Å². The van der Waals surface area contributed by atoms with Crippen molar-refractivity contribution < 1.29 is 9.53 Å². The molecule has 1 aliphatic heterocycles. The van der Waals surface area contributed by atoms with Crippen molar-refractivity contribution in [3.05, 3.63) is 18.0 Å². The summed E-state index contributed by atoms with van der Waals surface area (Å²) in [5, 5.41) is 7.46. The second-order valence-corrected chi connectivity index (χ2v) is 4.32. The number of rotatable bonds is 4. The highest BCUT2D eigenvalue weighted by atomic mass is 16.5. The Bertz CT molecular complexity index is 375. The molecule has 2 heterocycles. The van der Waals surface area contributed by atoms with Crippen LogP contribution in [0, 0.1) is 6.92 Å². The summed E-state index contributed by atoms with van der Waals surface area (Å²) in [4.78, 5) is 11.3. The smallest absolute Gasteiger partial charge is 0.323 e. The summed E-state index contributed by atoms with van der Waals surface area (Å²) in [6.45, 7) is 5.35. The van der Waals surface area contributed by atoms with Crippen molar-refractivity contribution in [1.29, 1.82) is 0 Å². The Morgan fingerprint density at radius 3 is 3.12 bits per heavy atom. The summed E-state index contributed by atoms with van der Waals surface area (Å²) in [5.41, 5.74) is 1.15. The molecule has 5 heteroatoms. The van der Waals surface area contributed by atoms with Crippen molar-refractivity contribution >= 4 is 5.97 Å². The summed E-state index contributed by atoms with van der Waals surface area (Å²) in [7, 11) is 0. The van der Waals surface area contributed by atoms with E-state index in [2.05, 4.69) is 10.4 Å². The minimum atomic E-state index is -0.147. The van der Waals surface area contributed by atoms with Crippen LogP contribution in [-0.2, 0) is 16.1 Å². The average Bonchev–Trinajstić information content (AvgIpc) is 2.77. The topological polar surface area (TPSA) is 56.1 Å². The molecule has 0 amide bonds. The lowest BCUT2D eigenvalue weighted by atomic mass is 10.2. The van der Waals surface area contributed by atoms with E-state index in [-0.39, 0.29) is 18.1 Å². The molecule has 1 aromatic rings. The highest BCUT2D eigenvalue weighted by Crippen LogP contribution is 2.07. The van der Waals surface area contributed by atoms with Crippen LogP contribution in [0.25, 0.3) is 0 Å². The molecule has 2 unspecified atom stereocenters. The lowest BCUT2D eigenvalue weighted by molar-refractivity contribution is -0.139. The van der Waals surface area contributed by atoms with Crippen molar-refractivity contribution in [2.24, 2.45) is 0 Å². The standard InChI is InChI=1S/C11H17N3O2/c1-8-5-12-14(6-8)7-9(2)13-10-3-4-16-11(10)15/h5-6,9-10,13H,3-4,7H2,1-2H3. The number of esters is 1. The Kier molecular flexibility index (Phi) is 3.24. The van der Waals surface area contributed by atoms with Crippen molar-refractivity contribution in [1.82, 2.24) is 15.1 Å². The maximum absolute atomic E-state index is 11.3. The number of aromatic nitrogens is 2. The number of nitrogens with zero attached hydrogens (tertiary/aromatic N) is 2. The first-order valence-corrected chi connectivity index (χ1v) is 5.57. The lowest BCUT2D eigenvalue weighted by Crippen LogP contribution is -2.41. The molecule has 1 aliphatic rings. The Labute approximate surface area is 94.8 Å². The number of carbonyl (C=O) groups excluding carboxylic acids is 1. The number of hydrogen-bond donors (Lipinski definition) is 1. The molecular weight excluding hydrogens is 206 g/mol. The van der Waals surface area contributed by atoms with Gasteiger partial charge < -0.3 is 4.74 Å². The van der Waals surface area contributed by atoms with Crippen LogP contribution in [0.4, 0.5) is 0 Å². The molecule has 1 saturated heterocycles. The third-order valence-corrected chi connectivity index (χ3v) is 2.64. The minimum Gasteiger partial charge on any atom is -0.464 e. The highest BCUT2D eigenvalue weighted by molar-refractivity contribution is 5.77. The number of nitrogens with one attached hydrogen (secondary N) is 1. The van der Waals surface area contributed by atoms with Gasteiger partial charge in [0.25, 0.3) is 0 Å². The number of cyclic esters (lactones) is 1. The van der Waals surface area contributed by atoms with Crippen LogP contribution in [0.1, 0.15) is 18.9 Å². The molecule has 16 heavy (non-hydrogen) atoms. The van der Waals surface area contributed by atoms with Crippen LogP contribution in [0.5, 0.6) is 0 Å². The normalized spacial score (nSPS) is 22.1. The van der Waals surface area contributed by atoms with Gasteiger partial charge in [0.05, 0.1) is 19.3 Å². The molecule has 2 atom stereocenters. The van der Waals surface area contributed by atoms with E-state index < -0.39 is 0 Å². The zero-order chi connectivity index (χ0) is 11.5. The fourth-order valence-corrected chi connectivity index (χ4v) is 1.89. The fourth-order valence-electron chi connectivity index (χ4n) is 1.89. The largest absolute Gasteiger partial charge is 0.464 e. The first-order chi connectivity index (χ1) is 7.65. The maximum Gasteiger partial charge on any atom is 0.323 e. The van der Waals surface area contributed by atoms with E-state index in [1.165, 1.54) is 0 Å². The number of hydrogen-bond acceptors (Lipinski definition) is 4. The van der Waals surface area contributed by atoms with Gasteiger partial charge in [-0.2, -0.15) is 5.10 Å². The number of carbonyl (C=O) groups is 1. The van der Waals surface area contributed by atoms with E-state index >= 15 is 0 Å². The van der Waals surface area contributed by atoms with Gasteiger partial charge in [-0.1, -0.05) is 0 Å². The maximum atomic E-state index is 11.3. The van der Waals surface area contributed by atoms with E-state index in [0.717, 1.165) is 18.5 Å². The van der Waals surface area contributed by atoms with E-state index in [0.29, 0.717) is 6.61 Å². The molecule has 0 radical (unpaired) electrons. The lowest BCUT2D eigenvalue weighted by Gasteiger charge is -2.16. The van der Waals surface area contributed by atoms with Gasteiger partial charge in [-0.25, -0.2) is 0 Å². The Balaban J connectivity index is 1.84. The van der Waals surface area contributed by atoms with Crippen LogP contribution in [-0.4, -0.2) is 34.4 Å². The predicted octanol–water partition coefficient (Wildman–Crippen LogP) is 0.485. The van der Waals surface area contributed by atoms with E-state index in [1.54, 1.807) is 0 Å². The minimum absolute atomic E-state index is 0.136. The summed E-state index contributed by atoms with van der Waals surface area (Å²) < 4.78 is 6.78. The SMILES string of the molecule is Cc1cnn(CC(C)NC2CCOC2=O)c1. The van der Waals surface area contributed by atoms with Crippen LogP contribution < -0.4 is 5.32 Å². The number of ether oxygens (including phenoxy) is 1. The first kappa shape index (κ1) is 11.1. The monoisotopic (exact) mass is 223 g/mol. The van der Waals surface area contributed by atoms with Gasteiger partial charge in [-0.15, -0.1) is 0 Å². The highest BCUT2D eigenvalue weighted by Gasteiger charge is 2.27. The molecule has 88 valence electrons. The molecule has 1 aromatic heterocycles. The predicted molar refractivity (Wildman–Crippen MR) is 58.9 cm³/mol. The van der Waals surface area contributed by atoms with Gasteiger partial charge in [-0.3, -0.25) is 14.8 Å². The van der Waals surface area contributed by atoms with Crippen LogP contribution in [0.3, 0.4) is 0 Å². The zero-order valence-electron chi connectivity index (χ0n) is 9.64. The van der Waals surface area contributed by atoms with Gasteiger partial charge in [-0.05, 0) is 19.4 Å². The Morgan fingerprint density at radius 2 is 2.56 bits per heavy atom. The number of aryl methyl sites for hydroxylation is 1. The molecule has 0 spiro atoms. The second kappa shape index (κ2) is 4.65. The molecule has 2 rings (SSSR count). The van der Waals surface area contributed by atoms with Crippen molar-refractivity contribution in [3.8, 4) is 0 Å². The molecule has 1 fully saturated rings. The Hall–Kier alpha value is -1.36. The fraction of sp³-hybridized carbons (Fsp3) is 0.636. The van der Waals surface area contributed by atoms with Crippen molar-refractivity contribution in [2.45, 2.75) is 38.9 Å². The van der Waals surface area contributed by atoms with Crippen LogP contribution in [0.15, 0.2) is 12.4 Å². The molecule has 1 N–H and O–H groups in total. The van der Waals surface area contributed by atoms with Crippen molar-refractivity contribution in [2.75, 3.05) is 6.61 Å². The summed E-state index contributed by atoms with van der Waals surface area (Å²) in [6, 6.07) is 0.0570.